The molecule has 0 aliphatic carbocycles. The molecule has 0 radical (unpaired) electrons. The van der Waals surface area contributed by atoms with Crippen molar-refractivity contribution >= 4 is 58.7 Å². The van der Waals surface area contributed by atoms with Crippen LogP contribution in [0.4, 0.5) is 26.3 Å². The molecule has 0 saturated heterocycles. The van der Waals surface area contributed by atoms with Crippen molar-refractivity contribution in [2.24, 2.45) is 10.8 Å². The molecule has 0 atom stereocenters. The Morgan fingerprint density at radius 1 is 0.596 bits per heavy atom. The van der Waals surface area contributed by atoms with Crippen molar-refractivity contribution < 1.29 is 60.4 Å². The van der Waals surface area contributed by atoms with E-state index in [0.717, 1.165) is 21.9 Å². The standard InChI is InChI=1S/C20H20ClF3O4S.C20H20ClF3O3S/c1-19(2,11-27-14-4-6-15(7-5-14)28-20(22,23)24)12-29-17-8-3-13(9-16(17)21)10-18(25)26;1-19(2,11-27-15-6-4-14(5-7-15)20(22,23)24)12-28-17-8-3-13(9-16(17)21)10-18(25)26/h3-9H,10-12H2,1-2H3,(H,25,26);3-9H,10-12H2,1-2H3,(H,25,26). The van der Waals surface area contributed by atoms with Crippen LogP contribution in [0.5, 0.6) is 17.2 Å². The minimum atomic E-state index is -4.73. The van der Waals surface area contributed by atoms with Crippen LogP contribution in [-0.2, 0) is 28.6 Å². The summed E-state index contributed by atoms with van der Waals surface area (Å²) in [6.45, 7) is 8.61. The molecular weight excluding hydrogens is 841 g/mol. The number of carboxylic acids is 2. The fraction of sp³-hybridized carbons (Fsp3) is 0.350. The molecule has 0 aliphatic heterocycles. The number of halogens is 8. The molecule has 2 N–H and O–H groups in total. The average molecular weight is 882 g/mol. The van der Waals surface area contributed by atoms with Crippen LogP contribution in [-0.4, -0.2) is 53.2 Å². The first-order valence-electron chi connectivity index (χ1n) is 16.9. The van der Waals surface area contributed by atoms with E-state index in [1.807, 2.05) is 27.7 Å². The minimum Gasteiger partial charge on any atom is -0.493 e. The summed E-state index contributed by atoms with van der Waals surface area (Å²) in [5, 5.41) is 18.6. The molecule has 0 fully saturated rings. The monoisotopic (exact) mass is 880 g/mol. The first-order chi connectivity index (χ1) is 26.4. The molecule has 0 saturated carbocycles. The maximum atomic E-state index is 12.6. The summed E-state index contributed by atoms with van der Waals surface area (Å²) in [6.07, 6.45) is -9.27. The summed E-state index contributed by atoms with van der Waals surface area (Å²) in [7, 11) is 0. The zero-order valence-corrected chi connectivity index (χ0v) is 34.2. The van der Waals surface area contributed by atoms with Crippen LogP contribution in [0, 0.1) is 10.8 Å². The van der Waals surface area contributed by atoms with E-state index < -0.39 is 30.0 Å². The molecule has 4 rings (SSSR count). The van der Waals surface area contributed by atoms with Crippen molar-refractivity contribution in [3.05, 3.63) is 112 Å². The van der Waals surface area contributed by atoms with E-state index in [-0.39, 0.29) is 29.4 Å². The Labute approximate surface area is 345 Å². The van der Waals surface area contributed by atoms with Gasteiger partial charge in [0.2, 0.25) is 0 Å². The number of hydrogen-bond acceptors (Lipinski definition) is 7. The number of aliphatic carboxylic acids is 2. The summed E-state index contributed by atoms with van der Waals surface area (Å²) in [5.41, 5.74) is 0.0282. The first-order valence-corrected chi connectivity index (χ1v) is 19.7. The predicted molar refractivity (Wildman–Crippen MR) is 210 cm³/mol. The quantitative estimate of drug-likeness (QED) is 0.0793. The van der Waals surface area contributed by atoms with Gasteiger partial charge < -0.3 is 24.4 Å². The second kappa shape index (κ2) is 20.7. The molecule has 4 aromatic carbocycles. The highest BCUT2D eigenvalue weighted by molar-refractivity contribution is 7.99. The van der Waals surface area contributed by atoms with E-state index in [4.69, 9.17) is 42.9 Å². The van der Waals surface area contributed by atoms with Gasteiger partial charge in [0.25, 0.3) is 0 Å². The number of rotatable bonds is 17. The summed E-state index contributed by atoms with van der Waals surface area (Å²) in [4.78, 5) is 23.2. The van der Waals surface area contributed by atoms with Crippen molar-refractivity contribution in [2.75, 3.05) is 24.7 Å². The van der Waals surface area contributed by atoms with E-state index >= 15 is 0 Å². The second-order valence-electron chi connectivity index (χ2n) is 14.2. The molecule has 0 aromatic heterocycles. The molecule has 0 amide bonds. The summed E-state index contributed by atoms with van der Waals surface area (Å²) >= 11 is 15.5. The van der Waals surface area contributed by atoms with Crippen LogP contribution in [0.3, 0.4) is 0 Å². The van der Waals surface area contributed by atoms with Gasteiger partial charge in [-0.1, -0.05) is 63.0 Å². The molecule has 0 unspecified atom stereocenters. The number of benzene rings is 4. The number of thioether (sulfide) groups is 2. The number of hydrogen-bond donors (Lipinski definition) is 2. The fourth-order valence-electron chi connectivity index (χ4n) is 4.56. The zero-order chi connectivity index (χ0) is 42.6. The second-order valence-corrected chi connectivity index (χ2v) is 17.0. The smallest absolute Gasteiger partial charge is 0.493 e. The number of alkyl halides is 6. The van der Waals surface area contributed by atoms with Gasteiger partial charge in [-0.3, -0.25) is 9.59 Å². The van der Waals surface area contributed by atoms with Crippen molar-refractivity contribution in [3.63, 3.8) is 0 Å². The van der Waals surface area contributed by atoms with Crippen LogP contribution >= 0.6 is 46.7 Å². The lowest BCUT2D eigenvalue weighted by Crippen LogP contribution is -2.24. The Balaban J connectivity index is 0.000000306. The van der Waals surface area contributed by atoms with Crippen LogP contribution in [0.25, 0.3) is 0 Å². The van der Waals surface area contributed by atoms with E-state index in [0.29, 0.717) is 57.4 Å². The third-order valence-electron chi connectivity index (χ3n) is 7.44. The van der Waals surface area contributed by atoms with Gasteiger partial charge in [0.15, 0.2) is 0 Å². The molecular formula is C40H40Cl2F6O7S2. The van der Waals surface area contributed by atoms with Gasteiger partial charge >= 0.3 is 24.5 Å². The Kier molecular flexibility index (Phi) is 17.2. The highest BCUT2D eigenvalue weighted by Gasteiger charge is 2.31. The van der Waals surface area contributed by atoms with Crippen LogP contribution in [0.2, 0.25) is 10.0 Å². The van der Waals surface area contributed by atoms with Crippen LogP contribution in [0.1, 0.15) is 44.4 Å². The van der Waals surface area contributed by atoms with Gasteiger partial charge in [-0.2, -0.15) is 13.2 Å². The summed E-state index contributed by atoms with van der Waals surface area (Å²) < 4.78 is 89.5. The minimum absolute atomic E-state index is 0.0862. The largest absolute Gasteiger partial charge is 0.573 e. The number of carbonyl (C=O) groups is 2. The molecule has 57 heavy (non-hydrogen) atoms. The van der Waals surface area contributed by atoms with Gasteiger partial charge in [0.1, 0.15) is 17.2 Å². The molecule has 4 aromatic rings. The van der Waals surface area contributed by atoms with Gasteiger partial charge in [0.05, 0.1) is 41.7 Å². The normalized spacial score (nSPS) is 12.0. The molecule has 0 aliphatic rings. The predicted octanol–water partition coefficient (Wildman–Crippen LogP) is 12.2. The van der Waals surface area contributed by atoms with Gasteiger partial charge in [-0.25, -0.2) is 0 Å². The van der Waals surface area contributed by atoms with E-state index in [2.05, 4.69) is 4.74 Å². The lowest BCUT2D eigenvalue weighted by molar-refractivity contribution is -0.274. The number of carboxylic acid groups (broad SMARTS) is 2. The third kappa shape index (κ3) is 18.0. The summed E-state index contributed by atoms with van der Waals surface area (Å²) in [6, 6.07) is 20.2. The molecule has 0 heterocycles. The molecule has 7 nitrogen and oxygen atoms in total. The van der Waals surface area contributed by atoms with Gasteiger partial charge in [-0.15, -0.1) is 36.7 Å². The Hall–Kier alpha value is -3.92. The van der Waals surface area contributed by atoms with Crippen LogP contribution in [0.15, 0.2) is 94.7 Å². The number of ether oxygens (including phenoxy) is 3. The lowest BCUT2D eigenvalue weighted by atomic mass is 9.98. The van der Waals surface area contributed by atoms with Crippen LogP contribution < -0.4 is 14.2 Å². The van der Waals surface area contributed by atoms with Crippen molar-refractivity contribution in [3.8, 4) is 17.2 Å². The fourth-order valence-corrected chi connectivity index (χ4v) is 7.27. The maximum absolute atomic E-state index is 12.6. The maximum Gasteiger partial charge on any atom is 0.573 e. The molecule has 0 spiro atoms. The SMILES string of the molecule is CC(C)(COc1ccc(C(F)(F)F)cc1)CSc1ccc(CC(=O)O)cc1Cl.CC(C)(COc1ccc(OC(F)(F)F)cc1)CSc1ccc(CC(=O)O)cc1Cl. The molecule has 0 bridgehead atoms. The van der Waals surface area contributed by atoms with Crippen molar-refractivity contribution in [1.82, 2.24) is 0 Å². The lowest BCUT2D eigenvalue weighted by Gasteiger charge is -2.24. The molecule has 17 heteroatoms. The van der Waals surface area contributed by atoms with E-state index in [1.165, 1.54) is 59.9 Å². The van der Waals surface area contributed by atoms with Gasteiger partial charge in [0, 0.05) is 32.1 Å². The molecule has 310 valence electrons. The summed E-state index contributed by atoms with van der Waals surface area (Å²) in [5.74, 6) is -0.00136. The first kappa shape index (κ1) is 47.5. The Morgan fingerprint density at radius 2 is 0.965 bits per heavy atom. The van der Waals surface area contributed by atoms with E-state index in [1.54, 1.807) is 36.4 Å². The Bertz CT molecular complexity index is 1940. The topological polar surface area (TPSA) is 102 Å². The van der Waals surface area contributed by atoms with Crippen molar-refractivity contribution in [2.45, 2.75) is 62.9 Å². The average Bonchev–Trinajstić information content (AvgIpc) is 3.09. The van der Waals surface area contributed by atoms with Crippen molar-refractivity contribution in [1.29, 1.82) is 0 Å². The highest BCUT2D eigenvalue weighted by Crippen LogP contribution is 2.36. The zero-order valence-electron chi connectivity index (χ0n) is 31.1. The Morgan fingerprint density at radius 3 is 1.30 bits per heavy atom. The third-order valence-corrected chi connectivity index (χ3v) is 11.5. The van der Waals surface area contributed by atoms with E-state index in [9.17, 15) is 35.9 Å². The van der Waals surface area contributed by atoms with Gasteiger partial charge in [-0.05, 0) is 83.9 Å². The highest BCUT2D eigenvalue weighted by atomic mass is 35.5.